The first kappa shape index (κ1) is 13.9. The van der Waals surface area contributed by atoms with E-state index in [0.717, 1.165) is 24.6 Å². The van der Waals surface area contributed by atoms with Crippen LogP contribution in [0, 0.1) is 6.07 Å². The van der Waals surface area contributed by atoms with Crippen molar-refractivity contribution in [2.75, 3.05) is 11.4 Å². The van der Waals surface area contributed by atoms with Crippen molar-refractivity contribution in [1.29, 1.82) is 0 Å². The number of carbonyl (C=O) groups excluding carboxylic acids is 1. The van der Waals surface area contributed by atoms with E-state index in [1.807, 2.05) is 17.0 Å². The molecule has 0 heterocycles. The molecule has 2 nitrogen and oxygen atoms in total. The maximum atomic E-state index is 12.7. The van der Waals surface area contributed by atoms with E-state index in [1.165, 1.54) is 18.4 Å². The number of amides is 1. The summed E-state index contributed by atoms with van der Waals surface area (Å²) in [4.78, 5) is 14.5. The zero-order valence-corrected chi connectivity index (χ0v) is 12.4. The van der Waals surface area contributed by atoms with E-state index < -0.39 is 0 Å². The smallest absolute Gasteiger partial charge is 0.258 e. The fourth-order valence-electron chi connectivity index (χ4n) is 2.60. The summed E-state index contributed by atoms with van der Waals surface area (Å²) < 4.78 is 0. The van der Waals surface area contributed by atoms with Gasteiger partial charge in [0.25, 0.3) is 5.91 Å². The summed E-state index contributed by atoms with van der Waals surface area (Å²) in [6.45, 7) is 2.83. The molecule has 0 unspecified atom stereocenters. The molecular weight excluding hydrogens is 258 g/mol. The number of carbonyl (C=O) groups is 1. The molecule has 1 amide bonds. The van der Waals surface area contributed by atoms with Crippen LogP contribution in [-0.2, 0) is 0 Å². The van der Waals surface area contributed by atoms with Crippen molar-refractivity contribution >= 4 is 11.6 Å². The lowest BCUT2D eigenvalue weighted by Gasteiger charge is -2.22. The van der Waals surface area contributed by atoms with Gasteiger partial charge in [-0.05, 0) is 61.1 Å². The van der Waals surface area contributed by atoms with Crippen LogP contribution >= 0.6 is 0 Å². The lowest BCUT2D eigenvalue weighted by atomic mass is 10.1. The summed E-state index contributed by atoms with van der Waals surface area (Å²) in [5.74, 6) is 0.809. The van der Waals surface area contributed by atoms with E-state index in [9.17, 15) is 4.79 Å². The summed E-state index contributed by atoms with van der Waals surface area (Å²) in [5, 5.41) is 0. The standard InChI is InChI=1S/C19H20NO/c1-2-14-20(19(21)17-6-4-3-5-7-17)18-12-10-16(11-13-18)15-8-9-15/h4-7,10-13,15H,2,8-9,14H2,1H3. The highest BCUT2D eigenvalue weighted by molar-refractivity contribution is 6.06. The van der Waals surface area contributed by atoms with Gasteiger partial charge in [0.2, 0.25) is 0 Å². The molecule has 0 aliphatic heterocycles. The van der Waals surface area contributed by atoms with Crippen LogP contribution in [-0.4, -0.2) is 12.5 Å². The minimum atomic E-state index is 0.0602. The number of hydrogen-bond acceptors (Lipinski definition) is 1. The highest BCUT2D eigenvalue weighted by atomic mass is 16.2. The number of hydrogen-bond donors (Lipinski definition) is 0. The molecule has 0 spiro atoms. The average molecular weight is 278 g/mol. The van der Waals surface area contributed by atoms with Crippen molar-refractivity contribution in [1.82, 2.24) is 0 Å². The minimum absolute atomic E-state index is 0.0602. The molecule has 1 radical (unpaired) electrons. The lowest BCUT2D eigenvalue weighted by Crippen LogP contribution is -2.31. The van der Waals surface area contributed by atoms with Gasteiger partial charge >= 0.3 is 0 Å². The topological polar surface area (TPSA) is 20.3 Å². The Hall–Kier alpha value is -2.09. The second-order valence-electron chi connectivity index (χ2n) is 5.61. The van der Waals surface area contributed by atoms with Gasteiger partial charge in [-0.25, -0.2) is 0 Å². The Labute approximate surface area is 126 Å². The summed E-state index contributed by atoms with van der Waals surface area (Å²) in [5.41, 5.74) is 3.10. The van der Waals surface area contributed by atoms with E-state index in [1.54, 1.807) is 12.1 Å². The maximum Gasteiger partial charge on any atom is 0.258 e. The van der Waals surface area contributed by atoms with Gasteiger partial charge in [-0.15, -0.1) is 0 Å². The second-order valence-corrected chi connectivity index (χ2v) is 5.61. The van der Waals surface area contributed by atoms with Gasteiger partial charge in [0.1, 0.15) is 0 Å². The van der Waals surface area contributed by atoms with Crippen molar-refractivity contribution in [3.8, 4) is 0 Å². The molecule has 1 saturated carbocycles. The van der Waals surface area contributed by atoms with Crippen molar-refractivity contribution in [3.05, 3.63) is 65.7 Å². The van der Waals surface area contributed by atoms with E-state index in [0.29, 0.717) is 5.56 Å². The van der Waals surface area contributed by atoms with Crippen LogP contribution in [0.4, 0.5) is 5.69 Å². The lowest BCUT2D eigenvalue weighted by molar-refractivity contribution is 0.0987. The number of anilines is 1. The summed E-state index contributed by atoms with van der Waals surface area (Å²) in [7, 11) is 0. The third-order valence-corrected chi connectivity index (χ3v) is 3.91. The Kier molecular flexibility index (Phi) is 4.05. The van der Waals surface area contributed by atoms with Gasteiger partial charge in [-0.1, -0.05) is 31.2 Å². The SMILES string of the molecule is CCCN(C(=O)c1cc[c]cc1)c1ccc(C2CC2)cc1. The molecule has 0 saturated heterocycles. The van der Waals surface area contributed by atoms with Crippen LogP contribution in [0.2, 0.25) is 0 Å². The number of nitrogens with zero attached hydrogens (tertiary/aromatic N) is 1. The van der Waals surface area contributed by atoms with Gasteiger partial charge in [0, 0.05) is 17.8 Å². The molecule has 0 atom stereocenters. The van der Waals surface area contributed by atoms with E-state index >= 15 is 0 Å². The van der Waals surface area contributed by atoms with Gasteiger partial charge in [-0.3, -0.25) is 4.79 Å². The summed E-state index contributed by atoms with van der Waals surface area (Å²) in [6.07, 6.45) is 3.55. The second kappa shape index (κ2) is 6.13. The Balaban J connectivity index is 1.84. The van der Waals surface area contributed by atoms with Gasteiger partial charge in [0.15, 0.2) is 0 Å². The van der Waals surface area contributed by atoms with Gasteiger partial charge in [0.05, 0.1) is 0 Å². The monoisotopic (exact) mass is 278 g/mol. The predicted molar refractivity (Wildman–Crippen MR) is 85.7 cm³/mol. The van der Waals surface area contributed by atoms with Crippen LogP contribution in [0.5, 0.6) is 0 Å². The Morgan fingerprint density at radius 2 is 1.81 bits per heavy atom. The van der Waals surface area contributed by atoms with E-state index in [2.05, 4.69) is 37.3 Å². The first-order valence-corrected chi connectivity index (χ1v) is 7.67. The van der Waals surface area contributed by atoms with E-state index in [4.69, 9.17) is 0 Å². The van der Waals surface area contributed by atoms with Crippen LogP contribution < -0.4 is 4.90 Å². The zero-order valence-electron chi connectivity index (χ0n) is 12.4. The molecule has 0 N–H and O–H groups in total. The van der Waals surface area contributed by atoms with Crippen LogP contribution in [0.3, 0.4) is 0 Å². The first-order valence-electron chi connectivity index (χ1n) is 7.67. The zero-order chi connectivity index (χ0) is 14.7. The quantitative estimate of drug-likeness (QED) is 0.792. The fourth-order valence-corrected chi connectivity index (χ4v) is 2.60. The summed E-state index contributed by atoms with van der Waals surface area (Å²) in [6, 6.07) is 18.7. The van der Waals surface area contributed by atoms with Crippen molar-refractivity contribution in [3.63, 3.8) is 0 Å². The average Bonchev–Trinajstić information content (AvgIpc) is 3.38. The summed E-state index contributed by atoms with van der Waals surface area (Å²) >= 11 is 0. The van der Waals surface area contributed by atoms with Crippen LogP contribution in [0.15, 0.2) is 48.5 Å². The Bertz CT molecular complexity index is 599. The molecule has 3 rings (SSSR count). The largest absolute Gasteiger partial charge is 0.308 e. The molecular formula is C19H20NO. The molecule has 1 aliphatic rings. The van der Waals surface area contributed by atoms with Crippen LogP contribution in [0.1, 0.15) is 48.0 Å². The molecule has 0 aromatic heterocycles. The first-order chi connectivity index (χ1) is 10.3. The normalized spacial score (nSPS) is 14.0. The van der Waals surface area contributed by atoms with E-state index in [-0.39, 0.29) is 5.91 Å². The number of rotatable bonds is 5. The molecule has 21 heavy (non-hydrogen) atoms. The van der Waals surface area contributed by atoms with Gasteiger partial charge < -0.3 is 4.90 Å². The van der Waals surface area contributed by atoms with Crippen LogP contribution in [0.25, 0.3) is 0 Å². The van der Waals surface area contributed by atoms with Gasteiger partial charge in [-0.2, -0.15) is 0 Å². The molecule has 1 fully saturated rings. The highest BCUT2D eigenvalue weighted by Crippen LogP contribution is 2.40. The molecule has 107 valence electrons. The number of benzene rings is 2. The predicted octanol–water partition coefficient (Wildman–Crippen LogP) is 4.42. The molecule has 2 aromatic carbocycles. The fraction of sp³-hybridized carbons (Fsp3) is 0.316. The van der Waals surface area contributed by atoms with Crippen molar-refractivity contribution in [2.45, 2.75) is 32.1 Å². The molecule has 0 bridgehead atoms. The maximum absolute atomic E-state index is 12.7. The third-order valence-electron chi connectivity index (χ3n) is 3.91. The molecule has 2 aromatic rings. The van der Waals surface area contributed by atoms with Crippen molar-refractivity contribution in [2.24, 2.45) is 0 Å². The Morgan fingerprint density at radius 1 is 1.14 bits per heavy atom. The van der Waals surface area contributed by atoms with Crippen molar-refractivity contribution < 1.29 is 4.79 Å². The molecule has 2 heteroatoms. The highest BCUT2D eigenvalue weighted by Gasteiger charge is 2.24. The Morgan fingerprint density at radius 3 is 2.38 bits per heavy atom. The molecule has 1 aliphatic carbocycles. The third kappa shape index (κ3) is 3.15. The minimum Gasteiger partial charge on any atom is -0.308 e.